The first-order valence-corrected chi connectivity index (χ1v) is 11.4. The van der Waals surface area contributed by atoms with E-state index in [2.05, 4.69) is 10.2 Å². The predicted molar refractivity (Wildman–Crippen MR) is 130 cm³/mol. The molecule has 1 N–H and O–H groups in total. The van der Waals surface area contributed by atoms with Crippen LogP contribution in [0.25, 0.3) is 0 Å². The Morgan fingerprint density at radius 3 is 2.24 bits per heavy atom. The molecule has 11 heteroatoms. The number of benzene rings is 2. The second-order valence-corrected chi connectivity index (χ2v) is 8.58. The molecule has 180 valence electrons. The number of piperazine rings is 1. The van der Waals surface area contributed by atoms with Gasteiger partial charge in [0.25, 0.3) is 11.6 Å². The van der Waals surface area contributed by atoms with Gasteiger partial charge in [0.1, 0.15) is 0 Å². The maximum absolute atomic E-state index is 13.2. The monoisotopic (exact) mass is 487 g/mol. The molecule has 0 aromatic heterocycles. The maximum Gasteiger partial charge on any atom is 0.270 e. The Kier molecular flexibility index (Phi) is 7.18. The molecule has 4 rings (SSSR count). The number of carbonyl (C=O) groups excluding carboxylic acids is 2. The number of nitro benzene ring substituents is 1. The van der Waals surface area contributed by atoms with Gasteiger partial charge in [-0.2, -0.15) is 0 Å². The van der Waals surface area contributed by atoms with Gasteiger partial charge in [0, 0.05) is 64.0 Å². The molecule has 2 saturated heterocycles. The second kappa shape index (κ2) is 10.3. The van der Waals surface area contributed by atoms with E-state index in [1.807, 2.05) is 11.0 Å². The van der Waals surface area contributed by atoms with Crippen molar-refractivity contribution in [3.63, 3.8) is 0 Å². The number of carbonyl (C=O) groups is 2. The van der Waals surface area contributed by atoms with Crippen LogP contribution in [-0.4, -0.2) is 74.1 Å². The van der Waals surface area contributed by atoms with Crippen LogP contribution in [0, 0.1) is 10.1 Å². The van der Waals surface area contributed by atoms with Crippen LogP contribution in [0.5, 0.6) is 0 Å². The molecular weight excluding hydrogens is 462 g/mol. The molecule has 34 heavy (non-hydrogen) atoms. The van der Waals surface area contributed by atoms with Crippen molar-refractivity contribution in [2.45, 2.75) is 6.92 Å². The van der Waals surface area contributed by atoms with Crippen LogP contribution in [0.4, 0.5) is 22.7 Å². The van der Waals surface area contributed by atoms with Crippen molar-refractivity contribution >= 4 is 46.2 Å². The van der Waals surface area contributed by atoms with E-state index in [1.165, 1.54) is 12.1 Å². The highest BCUT2D eigenvalue weighted by atomic mass is 35.5. The summed E-state index contributed by atoms with van der Waals surface area (Å²) < 4.78 is 5.38. The zero-order valence-corrected chi connectivity index (χ0v) is 19.6. The normalized spacial score (nSPS) is 16.4. The van der Waals surface area contributed by atoms with Gasteiger partial charge < -0.3 is 24.8 Å². The van der Waals surface area contributed by atoms with Gasteiger partial charge in [0.05, 0.1) is 40.1 Å². The zero-order valence-electron chi connectivity index (χ0n) is 18.8. The predicted octanol–water partition coefficient (Wildman–Crippen LogP) is 3.01. The summed E-state index contributed by atoms with van der Waals surface area (Å²) in [5.41, 5.74) is 2.00. The molecule has 2 aliphatic rings. The molecule has 0 spiro atoms. The van der Waals surface area contributed by atoms with Crippen molar-refractivity contribution in [3.8, 4) is 0 Å². The molecule has 0 unspecified atom stereocenters. The number of hydrogen-bond acceptors (Lipinski definition) is 7. The van der Waals surface area contributed by atoms with E-state index >= 15 is 0 Å². The van der Waals surface area contributed by atoms with Crippen LogP contribution in [0.1, 0.15) is 17.3 Å². The Morgan fingerprint density at radius 1 is 0.971 bits per heavy atom. The van der Waals surface area contributed by atoms with Gasteiger partial charge in [-0.05, 0) is 24.3 Å². The summed E-state index contributed by atoms with van der Waals surface area (Å²) in [4.78, 5) is 41.4. The van der Waals surface area contributed by atoms with Gasteiger partial charge in [0.15, 0.2) is 0 Å². The molecule has 0 radical (unpaired) electrons. The maximum atomic E-state index is 13.2. The first kappa shape index (κ1) is 23.8. The number of rotatable bonds is 5. The van der Waals surface area contributed by atoms with E-state index in [0.29, 0.717) is 68.9 Å². The summed E-state index contributed by atoms with van der Waals surface area (Å²) in [6.45, 7) is 6.38. The van der Waals surface area contributed by atoms with Gasteiger partial charge in [-0.15, -0.1) is 0 Å². The highest BCUT2D eigenvalue weighted by molar-refractivity contribution is 6.33. The highest BCUT2D eigenvalue weighted by Gasteiger charge is 2.23. The fraction of sp³-hybridized carbons (Fsp3) is 0.391. The first-order chi connectivity index (χ1) is 16.3. The quantitative estimate of drug-likeness (QED) is 0.510. The standard InChI is InChI=1S/C23H26ClN5O5/c1-16(30)26-6-8-27(9-7-26)22-4-2-17(14-20(22)24)25-23(31)19-15-18(29(32)33)3-5-21(19)28-10-12-34-13-11-28/h2-5,14-15H,6-13H2,1H3,(H,25,31). The van der Waals surface area contributed by atoms with Crippen molar-refractivity contribution in [1.82, 2.24) is 4.90 Å². The average molecular weight is 488 g/mol. The minimum atomic E-state index is -0.516. The summed E-state index contributed by atoms with van der Waals surface area (Å²) in [7, 11) is 0. The number of nitrogens with one attached hydrogen (secondary N) is 1. The van der Waals surface area contributed by atoms with Crippen LogP contribution >= 0.6 is 11.6 Å². The van der Waals surface area contributed by atoms with E-state index in [0.717, 1.165) is 5.69 Å². The minimum Gasteiger partial charge on any atom is -0.378 e. The molecule has 0 bridgehead atoms. The minimum absolute atomic E-state index is 0.0569. The van der Waals surface area contributed by atoms with Gasteiger partial charge in [-0.25, -0.2) is 0 Å². The number of anilines is 3. The first-order valence-electron chi connectivity index (χ1n) is 11.1. The number of hydrogen-bond donors (Lipinski definition) is 1. The smallest absolute Gasteiger partial charge is 0.270 e. The number of amides is 2. The third-order valence-corrected chi connectivity index (χ3v) is 6.36. The van der Waals surface area contributed by atoms with Crippen LogP contribution in [0.15, 0.2) is 36.4 Å². The molecule has 0 saturated carbocycles. The van der Waals surface area contributed by atoms with Gasteiger partial charge in [0.2, 0.25) is 5.91 Å². The van der Waals surface area contributed by atoms with E-state index in [9.17, 15) is 19.7 Å². The van der Waals surface area contributed by atoms with Crippen LogP contribution in [0.3, 0.4) is 0 Å². The summed E-state index contributed by atoms with van der Waals surface area (Å²) in [6, 6.07) is 9.55. The summed E-state index contributed by atoms with van der Waals surface area (Å²) in [6.07, 6.45) is 0. The van der Waals surface area contributed by atoms with E-state index in [4.69, 9.17) is 16.3 Å². The summed E-state index contributed by atoms with van der Waals surface area (Å²) in [5, 5.41) is 14.6. The summed E-state index contributed by atoms with van der Waals surface area (Å²) in [5.74, 6) is -0.398. The number of nitro groups is 1. The SMILES string of the molecule is CC(=O)N1CCN(c2ccc(NC(=O)c3cc([N+](=O)[O-])ccc3N3CCOCC3)cc2Cl)CC1. The topological polar surface area (TPSA) is 108 Å². The van der Waals surface area contributed by atoms with Crippen LogP contribution in [-0.2, 0) is 9.53 Å². The van der Waals surface area contributed by atoms with Crippen LogP contribution in [0.2, 0.25) is 5.02 Å². The molecule has 0 atom stereocenters. The average Bonchev–Trinajstić information content (AvgIpc) is 2.84. The Labute approximate surface area is 202 Å². The number of ether oxygens (including phenoxy) is 1. The lowest BCUT2D eigenvalue weighted by Crippen LogP contribution is -2.48. The Morgan fingerprint density at radius 2 is 1.62 bits per heavy atom. The molecule has 2 fully saturated rings. The third kappa shape index (κ3) is 5.23. The van der Waals surface area contributed by atoms with Crippen molar-refractivity contribution in [2.75, 3.05) is 67.6 Å². The number of non-ortho nitro benzene ring substituents is 1. The van der Waals surface area contributed by atoms with E-state index < -0.39 is 10.8 Å². The van der Waals surface area contributed by atoms with Crippen molar-refractivity contribution in [3.05, 3.63) is 57.1 Å². The van der Waals surface area contributed by atoms with Crippen molar-refractivity contribution in [1.29, 1.82) is 0 Å². The molecule has 2 amide bonds. The Bertz CT molecular complexity index is 1100. The number of halogens is 1. The lowest BCUT2D eigenvalue weighted by molar-refractivity contribution is -0.384. The Balaban J connectivity index is 1.52. The van der Waals surface area contributed by atoms with Gasteiger partial charge >= 0.3 is 0 Å². The zero-order chi connectivity index (χ0) is 24.2. The molecule has 2 aromatic rings. The van der Waals surface area contributed by atoms with Crippen molar-refractivity contribution < 1.29 is 19.2 Å². The molecule has 10 nitrogen and oxygen atoms in total. The lowest BCUT2D eigenvalue weighted by atomic mass is 10.1. The molecular formula is C23H26ClN5O5. The van der Waals surface area contributed by atoms with Crippen molar-refractivity contribution in [2.24, 2.45) is 0 Å². The van der Waals surface area contributed by atoms with Crippen LogP contribution < -0.4 is 15.1 Å². The molecule has 2 aliphatic heterocycles. The summed E-state index contributed by atoms with van der Waals surface area (Å²) >= 11 is 6.53. The van der Waals surface area contributed by atoms with Gasteiger partial charge in [-0.3, -0.25) is 19.7 Å². The highest BCUT2D eigenvalue weighted by Crippen LogP contribution is 2.31. The molecule has 2 aromatic carbocycles. The third-order valence-electron chi connectivity index (χ3n) is 6.06. The lowest BCUT2D eigenvalue weighted by Gasteiger charge is -2.36. The largest absolute Gasteiger partial charge is 0.378 e. The van der Waals surface area contributed by atoms with Gasteiger partial charge in [-0.1, -0.05) is 11.6 Å². The van der Waals surface area contributed by atoms with E-state index in [1.54, 1.807) is 30.0 Å². The Hall–Kier alpha value is -3.37. The number of nitrogens with zero attached hydrogens (tertiary/aromatic N) is 4. The van der Waals surface area contributed by atoms with E-state index in [-0.39, 0.29) is 17.2 Å². The molecule has 0 aliphatic carbocycles. The number of morpholine rings is 1. The second-order valence-electron chi connectivity index (χ2n) is 8.17. The fourth-order valence-electron chi connectivity index (χ4n) is 4.20. The fourth-order valence-corrected chi connectivity index (χ4v) is 4.50. The molecule has 2 heterocycles.